The molecular formula is C19H19BrO4. The summed E-state index contributed by atoms with van der Waals surface area (Å²) in [7, 11) is 0. The second-order valence-electron chi connectivity index (χ2n) is 5.23. The van der Waals surface area contributed by atoms with Crippen molar-refractivity contribution in [3.63, 3.8) is 0 Å². The van der Waals surface area contributed by atoms with Gasteiger partial charge in [0.25, 0.3) is 0 Å². The molecule has 0 aliphatic rings. The van der Waals surface area contributed by atoms with E-state index in [4.69, 9.17) is 9.47 Å². The largest absolute Gasteiger partial charge is 0.494 e. The van der Waals surface area contributed by atoms with Gasteiger partial charge in [-0.3, -0.25) is 4.79 Å². The number of ether oxygens (including phenoxy) is 2. The second kappa shape index (κ2) is 9.23. The fraction of sp³-hybridized carbons (Fsp3) is 0.263. The lowest BCUT2D eigenvalue weighted by Crippen LogP contribution is -2.14. The molecule has 0 saturated heterocycles. The fourth-order valence-corrected chi connectivity index (χ4v) is 2.22. The Kier molecular flexibility index (Phi) is 7.00. The van der Waals surface area contributed by atoms with E-state index in [0.29, 0.717) is 23.5 Å². The smallest absolute Gasteiger partial charge is 0.338 e. The van der Waals surface area contributed by atoms with E-state index in [-0.39, 0.29) is 12.4 Å². The molecule has 0 aromatic heterocycles. The number of Topliss-reactive ketones (excluding diaryl/α,β-unsaturated/α-hetero) is 1. The summed E-state index contributed by atoms with van der Waals surface area (Å²) >= 11 is 3.31. The van der Waals surface area contributed by atoms with Crippen LogP contribution in [0.15, 0.2) is 53.0 Å². The van der Waals surface area contributed by atoms with Crippen LogP contribution >= 0.6 is 15.9 Å². The van der Waals surface area contributed by atoms with E-state index >= 15 is 0 Å². The molecule has 0 saturated carbocycles. The monoisotopic (exact) mass is 390 g/mol. The van der Waals surface area contributed by atoms with Gasteiger partial charge >= 0.3 is 5.97 Å². The van der Waals surface area contributed by atoms with Crippen molar-refractivity contribution in [3.8, 4) is 5.75 Å². The molecule has 0 atom stereocenters. The Morgan fingerprint density at radius 2 is 1.58 bits per heavy atom. The molecule has 0 aliphatic heterocycles. The van der Waals surface area contributed by atoms with E-state index in [1.807, 2.05) is 0 Å². The minimum Gasteiger partial charge on any atom is -0.494 e. The first-order valence-corrected chi connectivity index (χ1v) is 8.58. The molecule has 0 heterocycles. The molecule has 5 heteroatoms. The van der Waals surface area contributed by atoms with Crippen molar-refractivity contribution >= 4 is 27.7 Å². The molecule has 126 valence electrons. The highest BCUT2D eigenvalue weighted by Crippen LogP contribution is 2.14. The average molecular weight is 391 g/mol. The number of benzene rings is 2. The standard InChI is InChI=1S/C19H19BrO4/c1-2-3-12-23-17-10-6-15(7-11-17)19(22)24-13-18(21)14-4-8-16(20)9-5-14/h4-11H,2-3,12-13H2,1H3. The Labute approximate surface area is 149 Å². The fourth-order valence-electron chi connectivity index (χ4n) is 1.96. The average Bonchev–Trinajstić information content (AvgIpc) is 2.61. The predicted molar refractivity (Wildman–Crippen MR) is 95.6 cm³/mol. The quantitative estimate of drug-likeness (QED) is 0.373. The van der Waals surface area contributed by atoms with E-state index in [9.17, 15) is 9.59 Å². The molecule has 2 rings (SSSR count). The van der Waals surface area contributed by atoms with Gasteiger partial charge in [0.15, 0.2) is 12.4 Å². The van der Waals surface area contributed by atoms with E-state index in [1.165, 1.54) is 0 Å². The first kappa shape index (κ1) is 18.2. The second-order valence-corrected chi connectivity index (χ2v) is 6.15. The lowest BCUT2D eigenvalue weighted by Gasteiger charge is -2.07. The van der Waals surface area contributed by atoms with Gasteiger partial charge in [0.1, 0.15) is 5.75 Å². The normalized spacial score (nSPS) is 10.2. The molecule has 0 aliphatic carbocycles. The Morgan fingerprint density at radius 3 is 2.21 bits per heavy atom. The summed E-state index contributed by atoms with van der Waals surface area (Å²) in [4.78, 5) is 24.0. The Balaban J connectivity index is 1.85. The van der Waals surface area contributed by atoms with Gasteiger partial charge in [0.05, 0.1) is 12.2 Å². The molecule has 24 heavy (non-hydrogen) atoms. The summed E-state index contributed by atoms with van der Waals surface area (Å²) in [5.74, 6) is -0.0538. The maximum Gasteiger partial charge on any atom is 0.338 e. The lowest BCUT2D eigenvalue weighted by molar-refractivity contribution is 0.0474. The van der Waals surface area contributed by atoms with E-state index in [1.54, 1.807) is 48.5 Å². The van der Waals surface area contributed by atoms with E-state index in [0.717, 1.165) is 17.3 Å². The molecule has 0 unspecified atom stereocenters. The highest BCUT2D eigenvalue weighted by molar-refractivity contribution is 9.10. The lowest BCUT2D eigenvalue weighted by atomic mass is 10.1. The van der Waals surface area contributed by atoms with Crippen LogP contribution in [0.4, 0.5) is 0 Å². The Morgan fingerprint density at radius 1 is 0.958 bits per heavy atom. The van der Waals surface area contributed by atoms with Gasteiger partial charge in [-0.15, -0.1) is 0 Å². The van der Waals surface area contributed by atoms with Crippen LogP contribution in [0, 0.1) is 0 Å². The molecule has 2 aromatic rings. The summed E-state index contributed by atoms with van der Waals surface area (Å²) in [6.45, 7) is 2.47. The van der Waals surface area contributed by atoms with Crippen LogP contribution in [0.2, 0.25) is 0 Å². The van der Waals surface area contributed by atoms with E-state index in [2.05, 4.69) is 22.9 Å². The Bertz CT molecular complexity index is 678. The van der Waals surface area contributed by atoms with Crippen molar-refractivity contribution in [3.05, 3.63) is 64.1 Å². The zero-order valence-electron chi connectivity index (χ0n) is 13.5. The zero-order valence-corrected chi connectivity index (χ0v) is 15.0. The molecule has 0 spiro atoms. The van der Waals surface area contributed by atoms with Crippen molar-refractivity contribution in [1.29, 1.82) is 0 Å². The van der Waals surface area contributed by atoms with Gasteiger partial charge in [-0.25, -0.2) is 4.79 Å². The molecule has 2 aromatic carbocycles. The maximum atomic E-state index is 12.0. The van der Waals surface area contributed by atoms with Gasteiger partial charge in [0.2, 0.25) is 0 Å². The van der Waals surface area contributed by atoms with Gasteiger partial charge in [0, 0.05) is 10.0 Å². The van der Waals surface area contributed by atoms with Crippen molar-refractivity contribution in [2.75, 3.05) is 13.2 Å². The van der Waals surface area contributed by atoms with Gasteiger partial charge in [-0.05, 0) is 42.8 Å². The topological polar surface area (TPSA) is 52.6 Å². The van der Waals surface area contributed by atoms with Gasteiger partial charge in [-0.2, -0.15) is 0 Å². The molecule has 0 N–H and O–H groups in total. The summed E-state index contributed by atoms with van der Waals surface area (Å²) in [6, 6.07) is 13.6. The third-order valence-electron chi connectivity index (χ3n) is 3.36. The molecule has 0 fully saturated rings. The summed E-state index contributed by atoms with van der Waals surface area (Å²) < 4.78 is 11.5. The molecule has 0 bridgehead atoms. The maximum absolute atomic E-state index is 12.0. The van der Waals surface area contributed by atoms with Crippen molar-refractivity contribution in [2.24, 2.45) is 0 Å². The van der Waals surface area contributed by atoms with Gasteiger partial charge in [-0.1, -0.05) is 41.4 Å². The first-order valence-electron chi connectivity index (χ1n) is 7.79. The number of hydrogen-bond donors (Lipinski definition) is 0. The van der Waals surface area contributed by atoms with Crippen LogP contribution in [0.5, 0.6) is 5.75 Å². The van der Waals surface area contributed by atoms with Crippen LogP contribution in [0.1, 0.15) is 40.5 Å². The number of carbonyl (C=O) groups excluding carboxylic acids is 2. The number of ketones is 1. The number of rotatable bonds is 8. The molecule has 4 nitrogen and oxygen atoms in total. The van der Waals surface area contributed by atoms with Crippen molar-refractivity contribution < 1.29 is 19.1 Å². The van der Waals surface area contributed by atoms with Crippen LogP contribution in [0.25, 0.3) is 0 Å². The summed E-state index contributed by atoms with van der Waals surface area (Å²) in [5.41, 5.74) is 0.895. The third-order valence-corrected chi connectivity index (χ3v) is 3.89. The van der Waals surface area contributed by atoms with Crippen LogP contribution in [-0.2, 0) is 4.74 Å². The molecule has 0 radical (unpaired) electrons. The summed E-state index contributed by atoms with van der Waals surface area (Å²) in [5, 5.41) is 0. The van der Waals surface area contributed by atoms with Gasteiger partial charge < -0.3 is 9.47 Å². The highest BCUT2D eigenvalue weighted by atomic mass is 79.9. The number of esters is 1. The SMILES string of the molecule is CCCCOc1ccc(C(=O)OCC(=O)c2ccc(Br)cc2)cc1. The number of hydrogen-bond acceptors (Lipinski definition) is 4. The third kappa shape index (κ3) is 5.49. The Hall–Kier alpha value is -2.14. The predicted octanol–water partition coefficient (Wildman–Crippen LogP) is 4.67. The number of halogens is 1. The zero-order chi connectivity index (χ0) is 17.4. The molecular weight excluding hydrogens is 372 g/mol. The van der Waals surface area contributed by atoms with Crippen molar-refractivity contribution in [2.45, 2.75) is 19.8 Å². The summed E-state index contributed by atoms with van der Waals surface area (Å²) in [6.07, 6.45) is 2.05. The van der Waals surface area contributed by atoms with Crippen molar-refractivity contribution in [1.82, 2.24) is 0 Å². The molecule has 0 amide bonds. The van der Waals surface area contributed by atoms with Crippen LogP contribution < -0.4 is 4.74 Å². The number of unbranched alkanes of at least 4 members (excludes halogenated alkanes) is 1. The number of carbonyl (C=O) groups is 2. The highest BCUT2D eigenvalue weighted by Gasteiger charge is 2.12. The van der Waals surface area contributed by atoms with E-state index < -0.39 is 5.97 Å². The van der Waals surface area contributed by atoms with Crippen LogP contribution in [0.3, 0.4) is 0 Å². The minimum absolute atomic E-state index is 0.240. The first-order chi connectivity index (χ1) is 11.6. The minimum atomic E-state index is -0.527. The van der Waals surface area contributed by atoms with Crippen LogP contribution in [-0.4, -0.2) is 25.0 Å².